The van der Waals surface area contributed by atoms with Gasteiger partial charge in [-0.25, -0.2) is 9.97 Å². The Kier molecular flexibility index (Phi) is 3.11. The standard InChI is InChI=1S/C15H16N4OS/c20-14(11-2-5-21-10-11)18-6-12-8-19(9-13(12)7-18)15-16-3-1-4-17-15/h1-5,10,12-13H,6-9H2. The highest BCUT2D eigenvalue weighted by Crippen LogP contribution is 2.33. The number of fused-ring (bicyclic) bond motifs is 1. The van der Waals surface area contributed by atoms with E-state index < -0.39 is 0 Å². The van der Waals surface area contributed by atoms with E-state index in [4.69, 9.17) is 0 Å². The van der Waals surface area contributed by atoms with Crippen molar-refractivity contribution in [1.82, 2.24) is 14.9 Å². The minimum atomic E-state index is 0.174. The van der Waals surface area contributed by atoms with Crippen LogP contribution in [0, 0.1) is 11.8 Å². The first-order valence-electron chi connectivity index (χ1n) is 7.14. The van der Waals surface area contributed by atoms with Crippen LogP contribution in [0.5, 0.6) is 0 Å². The van der Waals surface area contributed by atoms with Gasteiger partial charge in [-0.1, -0.05) is 0 Å². The third-order valence-electron chi connectivity index (χ3n) is 4.38. The molecule has 2 aliphatic heterocycles. The lowest BCUT2D eigenvalue weighted by Gasteiger charge is -2.21. The van der Waals surface area contributed by atoms with Crippen LogP contribution >= 0.6 is 11.3 Å². The molecule has 4 heterocycles. The largest absolute Gasteiger partial charge is 0.340 e. The maximum absolute atomic E-state index is 12.4. The summed E-state index contributed by atoms with van der Waals surface area (Å²) in [6.45, 7) is 3.59. The zero-order chi connectivity index (χ0) is 14.2. The van der Waals surface area contributed by atoms with Crippen LogP contribution in [-0.2, 0) is 0 Å². The molecule has 6 heteroatoms. The molecule has 0 N–H and O–H groups in total. The molecule has 2 unspecified atom stereocenters. The summed E-state index contributed by atoms with van der Waals surface area (Å²) in [4.78, 5) is 25.3. The SMILES string of the molecule is O=C(c1ccsc1)N1CC2CN(c3ncccn3)CC2C1. The molecule has 0 spiro atoms. The second-order valence-electron chi connectivity index (χ2n) is 5.70. The molecule has 2 fully saturated rings. The molecule has 2 aliphatic rings. The minimum absolute atomic E-state index is 0.174. The van der Waals surface area contributed by atoms with Crippen molar-refractivity contribution in [2.24, 2.45) is 11.8 Å². The lowest BCUT2D eigenvalue weighted by Crippen LogP contribution is -2.33. The fourth-order valence-corrected chi connectivity index (χ4v) is 3.98. The van der Waals surface area contributed by atoms with Crippen molar-refractivity contribution in [1.29, 1.82) is 0 Å². The molecule has 0 radical (unpaired) electrons. The molecule has 5 nitrogen and oxygen atoms in total. The van der Waals surface area contributed by atoms with Crippen molar-refractivity contribution >= 4 is 23.2 Å². The number of nitrogens with zero attached hydrogens (tertiary/aromatic N) is 4. The van der Waals surface area contributed by atoms with Crippen LogP contribution in [0.1, 0.15) is 10.4 Å². The molecule has 21 heavy (non-hydrogen) atoms. The normalized spacial score (nSPS) is 24.4. The van der Waals surface area contributed by atoms with Crippen LogP contribution in [-0.4, -0.2) is 47.0 Å². The van der Waals surface area contributed by atoms with Crippen molar-refractivity contribution in [3.05, 3.63) is 40.8 Å². The van der Waals surface area contributed by atoms with Gasteiger partial charge in [0, 0.05) is 55.8 Å². The fourth-order valence-electron chi connectivity index (χ4n) is 3.35. The average molecular weight is 300 g/mol. The topological polar surface area (TPSA) is 49.3 Å². The van der Waals surface area contributed by atoms with E-state index in [2.05, 4.69) is 14.9 Å². The predicted molar refractivity (Wildman–Crippen MR) is 81.4 cm³/mol. The van der Waals surface area contributed by atoms with E-state index >= 15 is 0 Å². The van der Waals surface area contributed by atoms with E-state index in [0.29, 0.717) is 11.8 Å². The highest BCUT2D eigenvalue weighted by atomic mass is 32.1. The lowest BCUT2D eigenvalue weighted by molar-refractivity contribution is 0.0783. The summed E-state index contributed by atoms with van der Waals surface area (Å²) in [7, 11) is 0. The summed E-state index contributed by atoms with van der Waals surface area (Å²) in [6, 6.07) is 3.74. The van der Waals surface area contributed by atoms with E-state index in [1.165, 1.54) is 0 Å². The minimum Gasteiger partial charge on any atom is -0.340 e. The monoisotopic (exact) mass is 300 g/mol. The third-order valence-corrected chi connectivity index (χ3v) is 5.06. The van der Waals surface area contributed by atoms with Gasteiger partial charge < -0.3 is 9.80 Å². The molecule has 2 aromatic rings. The number of likely N-dealkylation sites (tertiary alicyclic amines) is 1. The number of anilines is 1. The molecule has 0 aliphatic carbocycles. The van der Waals surface area contributed by atoms with Gasteiger partial charge in [0.05, 0.1) is 5.56 Å². The van der Waals surface area contributed by atoms with Gasteiger partial charge in [-0.05, 0) is 17.5 Å². The van der Waals surface area contributed by atoms with Gasteiger partial charge in [-0.3, -0.25) is 4.79 Å². The van der Waals surface area contributed by atoms with Gasteiger partial charge in [0.15, 0.2) is 0 Å². The Balaban J connectivity index is 1.43. The van der Waals surface area contributed by atoms with Crippen molar-refractivity contribution in [2.45, 2.75) is 0 Å². The molecule has 0 saturated carbocycles. The lowest BCUT2D eigenvalue weighted by atomic mass is 10.0. The molecule has 2 aromatic heterocycles. The highest BCUT2D eigenvalue weighted by molar-refractivity contribution is 7.08. The van der Waals surface area contributed by atoms with Gasteiger partial charge in [-0.15, -0.1) is 0 Å². The summed E-state index contributed by atoms with van der Waals surface area (Å²) >= 11 is 1.57. The molecular weight excluding hydrogens is 284 g/mol. The Labute approximate surface area is 127 Å². The van der Waals surface area contributed by atoms with Crippen molar-refractivity contribution in [3.8, 4) is 0 Å². The van der Waals surface area contributed by atoms with Crippen LogP contribution in [0.25, 0.3) is 0 Å². The molecular formula is C15H16N4OS. The number of carbonyl (C=O) groups excluding carboxylic acids is 1. The molecule has 0 aromatic carbocycles. The molecule has 1 amide bonds. The molecule has 4 rings (SSSR count). The van der Waals surface area contributed by atoms with E-state index in [-0.39, 0.29) is 5.91 Å². The number of aromatic nitrogens is 2. The number of amides is 1. The molecule has 0 bridgehead atoms. The first kappa shape index (κ1) is 12.8. The smallest absolute Gasteiger partial charge is 0.254 e. The van der Waals surface area contributed by atoms with Crippen LogP contribution in [0.3, 0.4) is 0 Å². The van der Waals surface area contributed by atoms with Crippen molar-refractivity contribution in [2.75, 3.05) is 31.1 Å². The predicted octanol–water partition coefficient (Wildman–Crippen LogP) is 1.75. The van der Waals surface area contributed by atoms with Crippen LogP contribution in [0.15, 0.2) is 35.3 Å². The summed E-state index contributed by atoms with van der Waals surface area (Å²) < 4.78 is 0. The van der Waals surface area contributed by atoms with Gasteiger partial charge in [0.1, 0.15) is 0 Å². The Morgan fingerprint density at radius 1 is 1.14 bits per heavy atom. The van der Waals surface area contributed by atoms with E-state index in [0.717, 1.165) is 37.7 Å². The summed E-state index contributed by atoms with van der Waals surface area (Å²) in [5.74, 6) is 2.06. The fraction of sp³-hybridized carbons (Fsp3) is 0.400. The van der Waals surface area contributed by atoms with E-state index in [1.54, 1.807) is 23.7 Å². The second kappa shape index (κ2) is 5.11. The number of rotatable bonds is 2. The van der Waals surface area contributed by atoms with Crippen molar-refractivity contribution in [3.63, 3.8) is 0 Å². The molecule has 2 saturated heterocycles. The maximum atomic E-state index is 12.4. The van der Waals surface area contributed by atoms with Gasteiger partial charge in [0.25, 0.3) is 5.91 Å². The first-order valence-corrected chi connectivity index (χ1v) is 8.09. The third kappa shape index (κ3) is 2.29. The highest BCUT2D eigenvalue weighted by Gasteiger charge is 2.42. The number of carbonyl (C=O) groups is 1. The summed E-state index contributed by atoms with van der Waals surface area (Å²) in [6.07, 6.45) is 3.56. The quantitative estimate of drug-likeness (QED) is 0.848. The summed E-state index contributed by atoms with van der Waals surface area (Å²) in [5, 5.41) is 3.89. The summed E-state index contributed by atoms with van der Waals surface area (Å²) in [5.41, 5.74) is 0.822. The zero-order valence-electron chi connectivity index (χ0n) is 11.6. The van der Waals surface area contributed by atoms with Crippen LogP contribution in [0.2, 0.25) is 0 Å². The Morgan fingerprint density at radius 3 is 2.48 bits per heavy atom. The van der Waals surface area contributed by atoms with Gasteiger partial charge in [-0.2, -0.15) is 11.3 Å². The number of hydrogen-bond donors (Lipinski definition) is 0. The second-order valence-corrected chi connectivity index (χ2v) is 6.48. The van der Waals surface area contributed by atoms with Gasteiger partial charge in [0.2, 0.25) is 5.95 Å². The van der Waals surface area contributed by atoms with Crippen molar-refractivity contribution < 1.29 is 4.79 Å². The molecule has 108 valence electrons. The Morgan fingerprint density at radius 2 is 1.86 bits per heavy atom. The van der Waals surface area contributed by atoms with Gasteiger partial charge >= 0.3 is 0 Å². The van der Waals surface area contributed by atoms with Crippen LogP contribution < -0.4 is 4.90 Å². The Bertz CT molecular complexity index is 616. The Hall–Kier alpha value is -1.95. The molecule has 2 atom stereocenters. The number of hydrogen-bond acceptors (Lipinski definition) is 5. The maximum Gasteiger partial charge on any atom is 0.254 e. The zero-order valence-corrected chi connectivity index (χ0v) is 12.4. The van der Waals surface area contributed by atoms with E-state index in [1.807, 2.05) is 27.8 Å². The average Bonchev–Trinajstić information content (AvgIpc) is 3.23. The first-order chi connectivity index (χ1) is 10.3. The number of thiophene rings is 1. The van der Waals surface area contributed by atoms with E-state index in [9.17, 15) is 4.79 Å². The van der Waals surface area contributed by atoms with Crippen LogP contribution in [0.4, 0.5) is 5.95 Å².